The summed E-state index contributed by atoms with van der Waals surface area (Å²) in [6, 6.07) is 17.0. The Labute approximate surface area is 170 Å². The van der Waals surface area contributed by atoms with Crippen molar-refractivity contribution in [2.24, 2.45) is 7.05 Å². The van der Waals surface area contributed by atoms with Gasteiger partial charge in [-0.3, -0.25) is 4.68 Å². The molecule has 4 rings (SSSR count). The summed E-state index contributed by atoms with van der Waals surface area (Å²) in [6.07, 6.45) is 1.58. The molecule has 1 aliphatic rings. The van der Waals surface area contributed by atoms with Gasteiger partial charge in [-0.25, -0.2) is 8.42 Å². The Balaban J connectivity index is 1.59. The van der Waals surface area contributed by atoms with Crippen LogP contribution in [0.5, 0.6) is 0 Å². The number of anilines is 1. The van der Waals surface area contributed by atoms with Crippen LogP contribution in [0, 0.1) is 0 Å². The minimum atomic E-state index is -3.65. The lowest BCUT2D eigenvalue weighted by Crippen LogP contribution is -2.48. The first kappa shape index (κ1) is 19.0. The van der Waals surface area contributed by atoms with Crippen molar-refractivity contribution in [2.75, 3.05) is 31.1 Å². The van der Waals surface area contributed by atoms with E-state index < -0.39 is 10.0 Å². The number of para-hydroxylation sites is 1. The fourth-order valence-electron chi connectivity index (χ4n) is 3.47. The van der Waals surface area contributed by atoms with Gasteiger partial charge in [-0.1, -0.05) is 54.1 Å². The van der Waals surface area contributed by atoms with Gasteiger partial charge >= 0.3 is 0 Å². The van der Waals surface area contributed by atoms with Gasteiger partial charge in [0.25, 0.3) is 0 Å². The van der Waals surface area contributed by atoms with Gasteiger partial charge in [0.05, 0.1) is 10.7 Å². The summed E-state index contributed by atoms with van der Waals surface area (Å²) in [6.45, 7) is 1.97. The molecule has 0 amide bonds. The number of piperazine rings is 1. The van der Waals surface area contributed by atoms with E-state index in [1.807, 2.05) is 54.6 Å². The summed E-state index contributed by atoms with van der Waals surface area (Å²) >= 11 is 6.29. The highest BCUT2D eigenvalue weighted by Gasteiger charge is 2.32. The van der Waals surface area contributed by atoms with Crippen molar-refractivity contribution in [2.45, 2.75) is 4.90 Å². The molecule has 1 fully saturated rings. The molecule has 1 saturated heterocycles. The van der Waals surface area contributed by atoms with Crippen molar-refractivity contribution < 1.29 is 8.42 Å². The van der Waals surface area contributed by atoms with Gasteiger partial charge in [-0.2, -0.15) is 9.40 Å². The first-order valence-electron chi connectivity index (χ1n) is 9.05. The molecule has 2 heterocycles. The van der Waals surface area contributed by atoms with Crippen molar-refractivity contribution in [1.82, 2.24) is 14.1 Å². The molecule has 0 bridgehead atoms. The molecule has 0 unspecified atom stereocenters. The standard InChI is InChI=1S/C20H21ClN4O2S/c1-23-15-19(20(22-23)16-7-3-2-4-8-16)28(26,27)25-13-11-24(12-14-25)18-10-6-5-9-17(18)21/h2-10,15H,11-14H2,1H3. The Morgan fingerprint density at radius 1 is 0.929 bits per heavy atom. The summed E-state index contributed by atoms with van der Waals surface area (Å²) in [5, 5.41) is 5.08. The average molecular weight is 417 g/mol. The Morgan fingerprint density at radius 2 is 1.57 bits per heavy atom. The van der Waals surface area contributed by atoms with Gasteiger partial charge in [0.15, 0.2) is 0 Å². The molecular weight excluding hydrogens is 396 g/mol. The normalized spacial score (nSPS) is 15.7. The lowest BCUT2D eigenvalue weighted by atomic mass is 10.2. The van der Waals surface area contributed by atoms with Crippen molar-refractivity contribution in [1.29, 1.82) is 0 Å². The van der Waals surface area contributed by atoms with E-state index in [0.29, 0.717) is 36.9 Å². The third kappa shape index (κ3) is 3.53. The Hall–Kier alpha value is -2.35. The monoisotopic (exact) mass is 416 g/mol. The second-order valence-corrected chi connectivity index (χ2v) is 9.04. The molecule has 1 aromatic heterocycles. The first-order valence-corrected chi connectivity index (χ1v) is 10.9. The van der Waals surface area contributed by atoms with E-state index in [9.17, 15) is 8.42 Å². The van der Waals surface area contributed by atoms with Crippen LogP contribution in [0.15, 0.2) is 65.7 Å². The zero-order valence-corrected chi connectivity index (χ0v) is 17.1. The van der Waals surface area contributed by atoms with E-state index >= 15 is 0 Å². The maximum atomic E-state index is 13.3. The van der Waals surface area contributed by atoms with Gasteiger partial charge in [0.1, 0.15) is 10.6 Å². The van der Waals surface area contributed by atoms with Crippen molar-refractivity contribution in [3.63, 3.8) is 0 Å². The number of aryl methyl sites for hydroxylation is 1. The first-order chi connectivity index (χ1) is 13.5. The van der Waals surface area contributed by atoms with E-state index in [1.165, 1.54) is 4.31 Å². The molecule has 1 aliphatic heterocycles. The number of hydrogen-bond acceptors (Lipinski definition) is 4. The highest BCUT2D eigenvalue weighted by Crippen LogP contribution is 2.30. The van der Waals surface area contributed by atoms with Gasteiger partial charge < -0.3 is 4.90 Å². The average Bonchev–Trinajstić information content (AvgIpc) is 3.12. The highest BCUT2D eigenvalue weighted by atomic mass is 35.5. The maximum Gasteiger partial charge on any atom is 0.246 e. The third-order valence-electron chi connectivity index (χ3n) is 4.89. The molecule has 0 atom stereocenters. The van der Waals surface area contributed by atoms with Crippen molar-refractivity contribution >= 4 is 27.3 Å². The van der Waals surface area contributed by atoms with Crippen LogP contribution in [0.25, 0.3) is 11.3 Å². The van der Waals surface area contributed by atoms with Crippen molar-refractivity contribution in [3.8, 4) is 11.3 Å². The van der Waals surface area contributed by atoms with E-state index in [0.717, 1.165) is 11.3 Å². The second kappa shape index (κ2) is 7.58. The van der Waals surface area contributed by atoms with Gasteiger partial charge in [-0.05, 0) is 12.1 Å². The van der Waals surface area contributed by atoms with Crippen LogP contribution in [0.3, 0.4) is 0 Å². The second-order valence-electron chi connectivity index (χ2n) is 6.72. The lowest BCUT2D eigenvalue weighted by molar-refractivity contribution is 0.385. The predicted octanol–water partition coefficient (Wildman–Crippen LogP) is 3.25. The highest BCUT2D eigenvalue weighted by molar-refractivity contribution is 7.89. The number of benzene rings is 2. The summed E-state index contributed by atoms with van der Waals surface area (Å²) < 4.78 is 29.7. The summed E-state index contributed by atoms with van der Waals surface area (Å²) in [5.74, 6) is 0. The number of rotatable bonds is 4. The fourth-order valence-corrected chi connectivity index (χ4v) is 5.33. The molecule has 146 valence electrons. The molecule has 6 nitrogen and oxygen atoms in total. The fraction of sp³-hybridized carbons (Fsp3) is 0.250. The lowest BCUT2D eigenvalue weighted by Gasteiger charge is -2.35. The molecule has 0 N–H and O–H groups in total. The summed E-state index contributed by atoms with van der Waals surface area (Å²) in [5.41, 5.74) is 2.21. The van der Waals surface area contributed by atoms with E-state index in [4.69, 9.17) is 11.6 Å². The van der Waals surface area contributed by atoms with Crippen LogP contribution >= 0.6 is 11.6 Å². The largest absolute Gasteiger partial charge is 0.368 e. The molecule has 0 radical (unpaired) electrons. The molecule has 28 heavy (non-hydrogen) atoms. The molecular formula is C20H21ClN4O2S. The number of halogens is 1. The maximum absolute atomic E-state index is 13.3. The topological polar surface area (TPSA) is 58.4 Å². The number of sulfonamides is 1. The molecule has 2 aromatic carbocycles. The molecule has 0 spiro atoms. The van der Waals surface area contributed by atoms with Gasteiger partial charge in [-0.15, -0.1) is 0 Å². The molecule has 0 aliphatic carbocycles. The number of hydrogen-bond donors (Lipinski definition) is 0. The van der Waals surface area contributed by atoms with E-state index in [1.54, 1.807) is 17.9 Å². The predicted molar refractivity (Wildman–Crippen MR) is 111 cm³/mol. The van der Waals surface area contributed by atoms with Crippen LogP contribution < -0.4 is 4.90 Å². The number of nitrogens with zero attached hydrogens (tertiary/aromatic N) is 4. The minimum absolute atomic E-state index is 0.243. The van der Waals surface area contributed by atoms with E-state index in [-0.39, 0.29) is 4.90 Å². The molecule has 3 aromatic rings. The third-order valence-corrected chi connectivity index (χ3v) is 7.11. The molecule has 8 heteroatoms. The van der Waals surface area contributed by atoms with Crippen LogP contribution in [0.2, 0.25) is 5.02 Å². The van der Waals surface area contributed by atoms with Gasteiger partial charge in [0, 0.05) is 45.0 Å². The molecule has 0 saturated carbocycles. The van der Waals surface area contributed by atoms with Crippen LogP contribution in [0.1, 0.15) is 0 Å². The minimum Gasteiger partial charge on any atom is -0.368 e. The smallest absolute Gasteiger partial charge is 0.246 e. The quantitative estimate of drug-likeness (QED) is 0.655. The zero-order chi connectivity index (χ0) is 19.7. The Bertz CT molecular complexity index is 1070. The van der Waals surface area contributed by atoms with E-state index in [2.05, 4.69) is 10.00 Å². The summed E-state index contributed by atoms with van der Waals surface area (Å²) in [7, 11) is -1.91. The SMILES string of the molecule is Cn1cc(S(=O)(=O)N2CCN(c3ccccc3Cl)CC2)c(-c2ccccc2)n1. The summed E-state index contributed by atoms with van der Waals surface area (Å²) in [4.78, 5) is 2.36. The Morgan fingerprint density at radius 3 is 2.25 bits per heavy atom. The van der Waals surface area contributed by atoms with Crippen LogP contribution in [0.4, 0.5) is 5.69 Å². The van der Waals surface area contributed by atoms with Crippen LogP contribution in [-0.2, 0) is 17.1 Å². The Kier molecular flexibility index (Phi) is 5.14. The number of aromatic nitrogens is 2. The van der Waals surface area contributed by atoms with Crippen LogP contribution in [-0.4, -0.2) is 48.7 Å². The zero-order valence-electron chi connectivity index (χ0n) is 15.5. The van der Waals surface area contributed by atoms with Gasteiger partial charge in [0.2, 0.25) is 10.0 Å². The van der Waals surface area contributed by atoms with Crippen molar-refractivity contribution in [3.05, 3.63) is 65.8 Å².